The first-order valence-corrected chi connectivity index (χ1v) is 7.91. The average molecular weight is 334 g/mol. The summed E-state index contributed by atoms with van der Waals surface area (Å²) in [5, 5.41) is 17.7. The van der Waals surface area contributed by atoms with Crippen LogP contribution in [0.3, 0.4) is 0 Å². The molecular weight excluding hydrogens is 319 g/mol. The van der Waals surface area contributed by atoms with E-state index in [4.69, 9.17) is 4.65 Å². The maximum atomic E-state index is 12.5. The van der Waals surface area contributed by atoms with Crippen molar-refractivity contribution in [1.29, 1.82) is 0 Å². The summed E-state index contributed by atoms with van der Waals surface area (Å²) in [6.45, 7) is 2.28. The van der Waals surface area contributed by atoms with E-state index in [2.05, 4.69) is 15.3 Å². The van der Waals surface area contributed by atoms with Crippen molar-refractivity contribution in [3.8, 4) is 5.82 Å². The molecule has 1 N–H and O–H groups in total. The zero-order valence-corrected chi connectivity index (χ0v) is 13.6. The van der Waals surface area contributed by atoms with Crippen LogP contribution in [0.25, 0.3) is 5.82 Å². The van der Waals surface area contributed by atoms with Crippen LogP contribution in [0.2, 0.25) is 0 Å². The first-order chi connectivity index (χ1) is 12.1. The number of Topliss-reactive ketones (excluding diaryl/α,β-unsaturated/α-hetero) is 1. The normalized spacial score (nSPS) is 13.1. The van der Waals surface area contributed by atoms with E-state index in [1.165, 1.54) is 4.68 Å². The summed E-state index contributed by atoms with van der Waals surface area (Å²) >= 11 is 0. The van der Waals surface area contributed by atoms with Crippen LogP contribution in [0.4, 0.5) is 0 Å². The first-order valence-electron chi connectivity index (χ1n) is 7.91. The van der Waals surface area contributed by atoms with Gasteiger partial charge < -0.3 is 9.68 Å². The van der Waals surface area contributed by atoms with Gasteiger partial charge in [-0.2, -0.15) is 0 Å². The standard InChI is InChI=1S/C17H15BN4O3/c1-11-3-2-4-17(19-11)22-9-15(20-21-22)16(23)8-12-5-6-13-10-25-18(24)14(13)7-12/h2-7,9,24H,8,10H2,1H3. The number of carbonyl (C=O) groups excluding carboxylic acids is 1. The fourth-order valence-corrected chi connectivity index (χ4v) is 2.81. The van der Waals surface area contributed by atoms with E-state index in [0.29, 0.717) is 12.4 Å². The molecule has 0 unspecified atom stereocenters. The van der Waals surface area contributed by atoms with Gasteiger partial charge in [0.05, 0.1) is 12.8 Å². The smallest absolute Gasteiger partial charge is 0.423 e. The molecule has 0 atom stereocenters. The highest BCUT2D eigenvalue weighted by Crippen LogP contribution is 2.13. The van der Waals surface area contributed by atoms with Gasteiger partial charge in [-0.25, -0.2) is 9.67 Å². The Balaban J connectivity index is 1.53. The summed E-state index contributed by atoms with van der Waals surface area (Å²) in [5.74, 6) is 0.469. The number of hydrogen-bond acceptors (Lipinski definition) is 6. The maximum absolute atomic E-state index is 12.5. The third-order valence-corrected chi connectivity index (χ3v) is 4.13. The van der Waals surface area contributed by atoms with Gasteiger partial charge in [-0.05, 0) is 35.6 Å². The summed E-state index contributed by atoms with van der Waals surface area (Å²) in [6, 6.07) is 11.1. The van der Waals surface area contributed by atoms with Gasteiger partial charge in [-0.1, -0.05) is 29.5 Å². The number of pyridine rings is 1. The van der Waals surface area contributed by atoms with Gasteiger partial charge in [0.1, 0.15) is 5.69 Å². The van der Waals surface area contributed by atoms with Crippen LogP contribution in [0, 0.1) is 6.92 Å². The summed E-state index contributed by atoms with van der Waals surface area (Å²) < 4.78 is 6.65. The molecule has 0 saturated heterocycles. The lowest BCUT2D eigenvalue weighted by Crippen LogP contribution is -2.28. The largest absolute Gasteiger partial charge is 0.491 e. The fraction of sp³-hybridized carbons (Fsp3) is 0.176. The van der Waals surface area contributed by atoms with Crippen LogP contribution in [-0.2, 0) is 17.7 Å². The Labute approximate surface area is 144 Å². The van der Waals surface area contributed by atoms with E-state index < -0.39 is 7.12 Å². The summed E-state index contributed by atoms with van der Waals surface area (Å²) in [5.41, 5.74) is 3.61. The predicted octanol–water partition coefficient (Wildman–Crippen LogP) is 0.614. The number of ketones is 1. The molecule has 1 aromatic carbocycles. The number of nitrogens with zero attached hydrogens (tertiary/aromatic N) is 4. The Bertz CT molecular complexity index is 957. The molecule has 1 aliphatic rings. The summed E-state index contributed by atoms with van der Waals surface area (Å²) in [7, 11) is -0.918. The molecule has 8 heteroatoms. The molecule has 3 heterocycles. The van der Waals surface area contributed by atoms with Gasteiger partial charge in [0.15, 0.2) is 11.6 Å². The van der Waals surface area contributed by atoms with Crippen molar-refractivity contribution < 1.29 is 14.5 Å². The van der Waals surface area contributed by atoms with Crippen molar-refractivity contribution in [3.63, 3.8) is 0 Å². The van der Waals surface area contributed by atoms with Gasteiger partial charge in [0, 0.05) is 12.1 Å². The van der Waals surface area contributed by atoms with E-state index >= 15 is 0 Å². The van der Waals surface area contributed by atoms with E-state index in [9.17, 15) is 9.82 Å². The Hall–Kier alpha value is -2.84. The highest BCUT2D eigenvalue weighted by Gasteiger charge is 2.27. The Morgan fingerprint density at radius 2 is 2.24 bits per heavy atom. The molecule has 0 bridgehead atoms. The van der Waals surface area contributed by atoms with Crippen LogP contribution >= 0.6 is 0 Å². The number of hydrogen-bond donors (Lipinski definition) is 1. The Morgan fingerprint density at radius 1 is 1.36 bits per heavy atom. The van der Waals surface area contributed by atoms with Crippen molar-refractivity contribution in [2.75, 3.05) is 0 Å². The van der Waals surface area contributed by atoms with Crippen LogP contribution in [0.5, 0.6) is 0 Å². The molecule has 0 radical (unpaired) electrons. The molecule has 2 aromatic heterocycles. The fourth-order valence-electron chi connectivity index (χ4n) is 2.81. The monoisotopic (exact) mass is 334 g/mol. The number of benzene rings is 1. The molecule has 25 heavy (non-hydrogen) atoms. The molecule has 4 rings (SSSR count). The second-order valence-corrected chi connectivity index (χ2v) is 5.98. The van der Waals surface area contributed by atoms with E-state index in [0.717, 1.165) is 22.3 Å². The minimum Gasteiger partial charge on any atom is -0.423 e. The van der Waals surface area contributed by atoms with E-state index in [-0.39, 0.29) is 17.9 Å². The highest BCUT2D eigenvalue weighted by molar-refractivity contribution is 6.61. The Morgan fingerprint density at radius 3 is 3.08 bits per heavy atom. The topological polar surface area (TPSA) is 90.1 Å². The third kappa shape index (κ3) is 3.09. The molecule has 7 nitrogen and oxygen atoms in total. The lowest BCUT2D eigenvalue weighted by molar-refractivity contribution is 0.0988. The molecule has 0 spiro atoms. The van der Waals surface area contributed by atoms with Crippen LogP contribution < -0.4 is 5.46 Å². The number of carbonyl (C=O) groups is 1. The molecule has 0 fully saturated rings. The summed E-state index contributed by atoms with van der Waals surface area (Å²) in [6.07, 6.45) is 1.76. The third-order valence-electron chi connectivity index (χ3n) is 4.13. The number of aromatic nitrogens is 4. The lowest BCUT2D eigenvalue weighted by Gasteiger charge is -2.03. The minimum absolute atomic E-state index is 0.146. The van der Waals surface area contributed by atoms with Crippen LogP contribution in [0.1, 0.15) is 27.3 Å². The number of fused-ring (bicyclic) bond motifs is 1. The van der Waals surface area contributed by atoms with Crippen molar-refractivity contribution in [2.24, 2.45) is 0 Å². The first kappa shape index (κ1) is 15.7. The van der Waals surface area contributed by atoms with Crippen molar-refractivity contribution in [1.82, 2.24) is 20.0 Å². The Kier molecular flexibility index (Phi) is 3.91. The molecule has 124 valence electrons. The SMILES string of the molecule is Cc1cccc(-n2cc(C(=O)Cc3ccc4c(c3)B(O)OC4)nn2)n1. The quantitative estimate of drug-likeness (QED) is 0.555. The molecule has 1 aliphatic heterocycles. The van der Waals surface area contributed by atoms with Gasteiger partial charge in [0.2, 0.25) is 0 Å². The number of aryl methyl sites for hydroxylation is 1. The second-order valence-electron chi connectivity index (χ2n) is 5.98. The van der Waals surface area contributed by atoms with E-state index in [1.54, 1.807) is 18.3 Å². The molecule has 0 saturated carbocycles. The highest BCUT2D eigenvalue weighted by atomic mass is 16.5. The zero-order chi connectivity index (χ0) is 17.4. The molecule has 0 amide bonds. The number of rotatable bonds is 4. The van der Waals surface area contributed by atoms with E-state index in [1.807, 2.05) is 31.2 Å². The van der Waals surface area contributed by atoms with Crippen LogP contribution in [-0.4, -0.2) is 37.9 Å². The molecule has 3 aromatic rings. The van der Waals surface area contributed by atoms with Crippen molar-refractivity contribution in [2.45, 2.75) is 20.0 Å². The zero-order valence-electron chi connectivity index (χ0n) is 13.6. The summed E-state index contributed by atoms with van der Waals surface area (Å²) in [4.78, 5) is 16.8. The van der Waals surface area contributed by atoms with Crippen LogP contribution in [0.15, 0.2) is 42.6 Å². The second kappa shape index (κ2) is 6.23. The lowest BCUT2D eigenvalue weighted by atomic mass is 9.78. The predicted molar refractivity (Wildman–Crippen MR) is 90.8 cm³/mol. The molecule has 0 aliphatic carbocycles. The molecular formula is C17H15BN4O3. The van der Waals surface area contributed by atoms with Crippen molar-refractivity contribution in [3.05, 3.63) is 65.1 Å². The van der Waals surface area contributed by atoms with Crippen molar-refractivity contribution >= 4 is 18.4 Å². The minimum atomic E-state index is -0.918. The van der Waals surface area contributed by atoms with Gasteiger partial charge in [-0.3, -0.25) is 4.79 Å². The van der Waals surface area contributed by atoms with Gasteiger partial charge in [0.25, 0.3) is 0 Å². The average Bonchev–Trinajstić information content (AvgIpc) is 3.23. The van der Waals surface area contributed by atoms with Gasteiger partial charge >= 0.3 is 7.12 Å². The van der Waals surface area contributed by atoms with Gasteiger partial charge in [-0.15, -0.1) is 5.10 Å². The maximum Gasteiger partial charge on any atom is 0.491 e.